The van der Waals surface area contributed by atoms with Crippen molar-refractivity contribution in [2.24, 2.45) is 41.4 Å². The van der Waals surface area contributed by atoms with Gasteiger partial charge in [-0.3, -0.25) is 52.7 Å². The maximum Gasteiger partial charge on any atom is 0.407 e. The zero-order valence-electron chi connectivity index (χ0n) is 66.3. The third kappa shape index (κ3) is 29.1. The first-order chi connectivity index (χ1) is 46.7. The summed E-state index contributed by atoms with van der Waals surface area (Å²) >= 11 is 1.09. The maximum absolute atomic E-state index is 15.5. The summed E-state index contributed by atoms with van der Waals surface area (Å²) in [6.07, 6.45) is 2.13. The Morgan fingerprint density at radius 3 is 1.41 bits per heavy atom. The Labute approximate surface area is 609 Å². The summed E-state index contributed by atoms with van der Waals surface area (Å²) in [7, 11) is 9.94. The minimum Gasteiger partial charge on any atom is -0.444 e. The largest absolute Gasteiger partial charge is 0.444 e. The Kier molecular flexibility index (Phi) is 40.1. The number of nitrogens with zero attached hydrogens (tertiary/aromatic N) is 7. The van der Waals surface area contributed by atoms with Gasteiger partial charge in [0.25, 0.3) is 5.91 Å². The summed E-state index contributed by atoms with van der Waals surface area (Å²) in [5.41, 5.74) is -0.661. The number of hydrogen-bond donors (Lipinski definition) is 7. The van der Waals surface area contributed by atoms with Crippen molar-refractivity contribution in [2.45, 2.75) is 286 Å². The van der Waals surface area contributed by atoms with Crippen LogP contribution in [0.1, 0.15) is 209 Å². The first-order valence-electron chi connectivity index (χ1n) is 36.7. The van der Waals surface area contributed by atoms with Gasteiger partial charge in [0.2, 0.25) is 59.1 Å². The van der Waals surface area contributed by atoms with E-state index in [1.165, 1.54) is 92.6 Å². The number of hydrogen-bond acceptors (Lipinski definition) is 16. The summed E-state index contributed by atoms with van der Waals surface area (Å²) in [6, 6.07) is -12.9. The van der Waals surface area contributed by atoms with Crippen molar-refractivity contribution in [3.63, 3.8) is 0 Å². The van der Waals surface area contributed by atoms with Gasteiger partial charge in [0.15, 0.2) is 5.37 Å². The molecule has 1 rings (SSSR count). The van der Waals surface area contributed by atoms with Gasteiger partial charge < -0.3 is 75.8 Å². The van der Waals surface area contributed by atoms with Crippen LogP contribution in [0.15, 0.2) is 0 Å². The minimum atomic E-state index is -1.69. The average Bonchev–Trinajstić information content (AvgIpc) is 0.773. The Bertz CT molecular complexity index is 2710. The monoisotopic (exact) mass is 1450 g/mol. The highest BCUT2D eigenvalue weighted by atomic mass is 32.2. The first-order valence-corrected chi connectivity index (χ1v) is 37.7. The molecule has 1 aliphatic heterocycles. The number of ether oxygens (including phenoxy) is 1. The number of rotatable bonds is 25. The van der Waals surface area contributed by atoms with Crippen molar-refractivity contribution in [2.75, 3.05) is 68.2 Å². The molecule has 0 radical (unpaired) electrons. The van der Waals surface area contributed by atoms with Gasteiger partial charge in [-0.05, 0) is 140 Å². The van der Waals surface area contributed by atoms with Gasteiger partial charge >= 0.3 is 6.09 Å². The molecule has 582 valence electrons. The van der Waals surface area contributed by atoms with Crippen LogP contribution >= 0.6 is 11.8 Å². The van der Waals surface area contributed by atoms with Crippen LogP contribution in [0.5, 0.6) is 0 Å². The second-order valence-corrected chi connectivity index (χ2v) is 32.5. The Morgan fingerprint density at radius 2 is 0.931 bits per heavy atom. The number of carbonyl (C=O) groups is 12. The molecule has 27 nitrogen and oxygen atoms in total. The van der Waals surface area contributed by atoms with Gasteiger partial charge in [0.1, 0.15) is 66.0 Å². The van der Waals surface area contributed by atoms with Crippen molar-refractivity contribution < 1.29 is 72.5 Å². The highest BCUT2D eigenvalue weighted by molar-refractivity contribution is 8.00. The average molecular weight is 1450 g/mol. The topological polar surface area (TPSA) is 337 Å². The molecule has 1 saturated heterocycles. The van der Waals surface area contributed by atoms with Crippen LogP contribution in [-0.4, -0.2) is 261 Å². The highest BCUT2D eigenvalue weighted by Crippen LogP contribution is 2.28. The molecular weight excluding hydrogens is 1320 g/mol. The molecule has 0 spiro atoms. The third-order valence-corrected chi connectivity index (χ3v) is 19.9. The molecule has 1 fully saturated rings. The van der Waals surface area contributed by atoms with E-state index in [0.29, 0.717) is 51.5 Å². The lowest BCUT2D eigenvalue weighted by Gasteiger charge is -2.41. The number of aliphatic hydroxyl groups excluding tert-OH is 2. The lowest BCUT2D eigenvalue weighted by Crippen LogP contribution is -2.64. The summed E-state index contributed by atoms with van der Waals surface area (Å²) in [5.74, 6) is -10.0. The van der Waals surface area contributed by atoms with Crippen molar-refractivity contribution in [1.82, 2.24) is 60.9 Å². The van der Waals surface area contributed by atoms with Crippen LogP contribution in [0.2, 0.25) is 0 Å². The predicted octanol–water partition coefficient (Wildman–Crippen LogP) is 5.61. The van der Waals surface area contributed by atoms with E-state index < -0.39 is 166 Å². The quantitative estimate of drug-likeness (QED) is 0.0546. The lowest BCUT2D eigenvalue weighted by molar-refractivity contribution is -0.157. The van der Waals surface area contributed by atoms with E-state index in [-0.39, 0.29) is 68.1 Å². The Balaban J connectivity index is 4.47. The van der Waals surface area contributed by atoms with Crippen LogP contribution in [-0.2, 0) is 57.5 Å². The summed E-state index contributed by atoms with van der Waals surface area (Å²) in [5, 5.41) is 34.9. The molecule has 0 aromatic rings. The first kappa shape index (κ1) is 92.7. The maximum atomic E-state index is 15.5. The number of likely N-dealkylation sites (N-methyl/N-ethyl adjacent to an activating group) is 7. The highest BCUT2D eigenvalue weighted by Gasteiger charge is 2.47. The fourth-order valence-corrected chi connectivity index (χ4v) is 13.7. The number of aliphatic hydroxyl groups is 2. The molecule has 12 amide bonds. The summed E-state index contributed by atoms with van der Waals surface area (Å²) in [4.78, 5) is 185. The molecule has 0 bridgehead atoms. The summed E-state index contributed by atoms with van der Waals surface area (Å²) < 4.78 is 5.35. The molecule has 0 aliphatic carbocycles. The molecule has 0 aromatic heterocycles. The Morgan fingerprint density at radius 1 is 0.485 bits per heavy atom. The predicted molar refractivity (Wildman–Crippen MR) is 394 cm³/mol. The van der Waals surface area contributed by atoms with Crippen molar-refractivity contribution >= 4 is 82.8 Å². The van der Waals surface area contributed by atoms with E-state index in [4.69, 9.17) is 4.74 Å². The molecule has 13 atom stereocenters. The minimum absolute atomic E-state index is 0.0405. The molecule has 1 aliphatic rings. The zero-order chi connectivity index (χ0) is 78.0. The van der Waals surface area contributed by atoms with Crippen LogP contribution in [0.4, 0.5) is 4.79 Å². The fraction of sp³-hybridized carbons (Fsp3) is 0.836. The lowest BCUT2D eigenvalue weighted by atomic mass is 9.90. The molecule has 1 heterocycles. The van der Waals surface area contributed by atoms with Crippen LogP contribution in [0, 0.1) is 41.4 Å². The standard InChI is InChI=1S/C73H134N12O15S/c1-27-51-65(93)85(26)71(101-37-33-32-36-86)70(98)80(21)53(39-43(4)5)62(90)78-56(46(10)11)68(96)79(20)52(38-42(2)3)61(89)75-49(15)60(88)76-50(16)64(92)81(22)54(40-44(6)7)66(94)82(23)55(41-45(8)9)67(95)83(24)57(47(12)13)69(97)84(25)58(63(91)77-51)59(87)48(14)34-30-28-29-31-35-74-72(99)100-73(17,18)19/h42-59,71,86-87H,27-41H2,1-26H3,(H,74,99)(H,75,89)(H,76,88)(H,77,91)(H,78,90)/t48-,49-,50+,51+,52-,53+,54+,55+,56-,57+,58+,59-,71-/m1/s1. The third-order valence-electron chi connectivity index (χ3n) is 18.5. The number of carbonyl (C=O) groups excluding carboxylic acids is 12. The molecule has 0 saturated carbocycles. The molecule has 101 heavy (non-hydrogen) atoms. The number of unbranched alkanes of at least 4 members (excludes halogenated alkanes) is 4. The molecular formula is C73H134N12O15S. The zero-order valence-corrected chi connectivity index (χ0v) is 67.1. The van der Waals surface area contributed by atoms with Gasteiger partial charge in [-0.15, -0.1) is 11.8 Å². The van der Waals surface area contributed by atoms with E-state index in [0.717, 1.165) is 16.7 Å². The van der Waals surface area contributed by atoms with Gasteiger partial charge in [0.05, 0.1) is 6.10 Å². The normalized spacial score (nSPS) is 25.3. The van der Waals surface area contributed by atoms with Gasteiger partial charge in [-0.25, -0.2) is 4.79 Å². The van der Waals surface area contributed by atoms with E-state index in [2.05, 4.69) is 26.6 Å². The van der Waals surface area contributed by atoms with E-state index in [1.54, 1.807) is 62.3 Å². The van der Waals surface area contributed by atoms with Crippen LogP contribution in [0.3, 0.4) is 0 Å². The molecule has 28 heteroatoms. The number of thioether (sulfide) groups is 1. The number of nitrogens with one attached hydrogen (secondary N) is 5. The molecule has 0 unspecified atom stereocenters. The number of alkyl carbamates (subject to hydrolysis) is 1. The van der Waals surface area contributed by atoms with E-state index >= 15 is 28.8 Å². The van der Waals surface area contributed by atoms with Gasteiger partial charge in [0, 0.05) is 62.5 Å². The summed E-state index contributed by atoms with van der Waals surface area (Å²) in [6.45, 7) is 33.6. The molecule has 0 aromatic carbocycles. The van der Waals surface area contributed by atoms with Crippen molar-refractivity contribution in [1.29, 1.82) is 0 Å². The van der Waals surface area contributed by atoms with Crippen LogP contribution < -0.4 is 26.6 Å². The number of amides is 12. The molecule has 7 N–H and O–H groups in total. The van der Waals surface area contributed by atoms with Crippen LogP contribution in [0.25, 0.3) is 0 Å². The van der Waals surface area contributed by atoms with Crippen molar-refractivity contribution in [3.05, 3.63) is 0 Å². The van der Waals surface area contributed by atoms with E-state index in [9.17, 15) is 39.0 Å². The second kappa shape index (κ2) is 43.7. The Hall–Kier alpha value is -6.29. The van der Waals surface area contributed by atoms with Gasteiger partial charge in [-0.2, -0.15) is 0 Å². The van der Waals surface area contributed by atoms with Crippen molar-refractivity contribution in [3.8, 4) is 0 Å². The smallest absolute Gasteiger partial charge is 0.407 e. The van der Waals surface area contributed by atoms with Gasteiger partial charge in [-0.1, -0.05) is 116 Å². The van der Waals surface area contributed by atoms with E-state index in [1.807, 2.05) is 55.4 Å². The fourth-order valence-electron chi connectivity index (χ4n) is 12.4. The second-order valence-electron chi connectivity index (χ2n) is 31.3. The SMILES string of the molecule is CC[C@@H]1NC(=O)[C@H]([C@H](O)[C@H](C)CCCCCCNC(=O)OC(C)(C)C)N(C)C(=O)[C@H](C(C)C)N(C)C(=O)[C@H](CC(C)C)N(C)C(=O)[C@H](CC(C)C)N(C)C(=O)[C@H](C)NC(=O)[C@@H](C)NC(=O)[C@@H](CC(C)C)N(C)C(=O)[C@@H](C(C)C)NC(=O)[C@H](CC(C)C)N(C)C(=O)[C@@H](SCCCCO)N(C)C1=O.